The van der Waals surface area contributed by atoms with Crippen molar-refractivity contribution in [1.29, 1.82) is 0 Å². The van der Waals surface area contributed by atoms with Gasteiger partial charge in [0.05, 0.1) is 0 Å². The molecule has 1 fully saturated rings. The highest BCUT2D eigenvalue weighted by molar-refractivity contribution is 7.15. The van der Waals surface area contributed by atoms with Crippen molar-refractivity contribution in [3.63, 3.8) is 0 Å². The lowest BCUT2D eigenvalue weighted by molar-refractivity contribution is -0.159. The van der Waals surface area contributed by atoms with Crippen LogP contribution >= 0.6 is 11.3 Å². The molecule has 5 rings (SSSR count). The van der Waals surface area contributed by atoms with Crippen molar-refractivity contribution in [2.75, 3.05) is 23.3 Å². The van der Waals surface area contributed by atoms with Crippen LogP contribution in [0.5, 0.6) is 0 Å². The van der Waals surface area contributed by atoms with E-state index in [0.717, 1.165) is 40.8 Å². The van der Waals surface area contributed by atoms with Gasteiger partial charge in [0.25, 0.3) is 0 Å². The van der Waals surface area contributed by atoms with Gasteiger partial charge < -0.3 is 14.7 Å². The highest BCUT2D eigenvalue weighted by Crippen LogP contribution is 2.33. The molecule has 0 unspecified atom stereocenters. The zero-order chi connectivity index (χ0) is 23.7. The third-order valence-electron chi connectivity index (χ3n) is 5.41. The maximum absolute atomic E-state index is 12.8. The SMILES string of the molecule is Cc1cnc(Nc2cc(N3CCC[C@H](c4ccnc(-c5noc(C(F)(F)F)n5)c4)C3)ncn2)s1. The van der Waals surface area contributed by atoms with Crippen LogP contribution in [-0.2, 0) is 6.18 Å². The van der Waals surface area contributed by atoms with E-state index in [1.807, 2.05) is 19.1 Å². The number of aromatic nitrogens is 6. The predicted octanol–water partition coefficient (Wildman–Crippen LogP) is 4.83. The molecule has 0 spiro atoms. The third-order valence-corrected chi connectivity index (χ3v) is 6.24. The molecule has 0 saturated carbocycles. The summed E-state index contributed by atoms with van der Waals surface area (Å²) in [6.07, 6.45) is 2.02. The summed E-state index contributed by atoms with van der Waals surface area (Å²) in [7, 11) is 0. The van der Waals surface area contributed by atoms with Crippen LogP contribution in [0.2, 0.25) is 0 Å². The molecule has 1 atom stereocenters. The lowest BCUT2D eigenvalue weighted by atomic mass is 9.90. The highest BCUT2D eigenvalue weighted by Gasteiger charge is 2.38. The number of hydrogen-bond acceptors (Lipinski definition) is 10. The third kappa shape index (κ3) is 4.83. The Hall–Kier alpha value is -3.61. The first kappa shape index (κ1) is 22.2. The summed E-state index contributed by atoms with van der Waals surface area (Å²) in [5.74, 6) is 0.00544. The van der Waals surface area contributed by atoms with Crippen LogP contribution in [0.25, 0.3) is 11.5 Å². The van der Waals surface area contributed by atoms with Crippen molar-refractivity contribution in [1.82, 2.24) is 30.1 Å². The summed E-state index contributed by atoms with van der Waals surface area (Å²) < 4.78 is 42.7. The highest BCUT2D eigenvalue weighted by atomic mass is 32.1. The van der Waals surface area contributed by atoms with Gasteiger partial charge in [-0.25, -0.2) is 15.0 Å². The molecule has 0 amide bonds. The number of pyridine rings is 1. The molecule has 176 valence electrons. The van der Waals surface area contributed by atoms with E-state index in [1.54, 1.807) is 29.8 Å². The summed E-state index contributed by atoms with van der Waals surface area (Å²) in [5.41, 5.74) is 1.18. The maximum atomic E-state index is 12.8. The Morgan fingerprint density at radius 1 is 1.18 bits per heavy atom. The Bertz CT molecular complexity index is 1290. The molecule has 34 heavy (non-hydrogen) atoms. The molecule has 4 aromatic rings. The summed E-state index contributed by atoms with van der Waals surface area (Å²) in [6, 6.07) is 5.46. The molecular formula is C21H19F3N8OS. The standard InChI is InChI=1S/C21H19F3N8OS/c1-12-9-26-20(34-12)29-16-8-17(28-11-27-16)32-6-2-3-14(10-32)13-4-5-25-15(7-13)18-30-19(33-31-18)21(22,23)24/h4-5,7-9,11,14H,2-3,6,10H2,1H3,(H,26,27,28,29)/t14-/m0/s1. The van der Waals surface area contributed by atoms with E-state index in [1.165, 1.54) is 6.33 Å². The monoisotopic (exact) mass is 488 g/mol. The number of rotatable bonds is 5. The van der Waals surface area contributed by atoms with Gasteiger partial charge in [-0.2, -0.15) is 18.2 Å². The zero-order valence-electron chi connectivity index (χ0n) is 18.0. The van der Waals surface area contributed by atoms with Gasteiger partial charge >= 0.3 is 12.1 Å². The number of thiazole rings is 1. The largest absolute Gasteiger partial charge is 0.471 e. The summed E-state index contributed by atoms with van der Waals surface area (Å²) in [4.78, 5) is 23.9. The number of hydrogen-bond donors (Lipinski definition) is 1. The molecule has 0 radical (unpaired) electrons. The lowest BCUT2D eigenvalue weighted by Crippen LogP contribution is -2.35. The molecule has 1 aliphatic heterocycles. The number of alkyl halides is 3. The van der Waals surface area contributed by atoms with E-state index in [-0.39, 0.29) is 17.4 Å². The van der Waals surface area contributed by atoms with Crippen LogP contribution in [0.15, 0.2) is 41.4 Å². The molecule has 0 aliphatic carbocycles. The second kappa shape index (κ2) is 8.97. The van der Waals surface area contributed by atoms with Crippen LogP contribution in [0.1, 0.15) is 35.1 Å². The summed E-state index contributed by atoms with van der Waals surface area (Å²) >= 11 is 1.54. The van der Waals surface area contributed by atoms with Crippen molar-refractivity contribution in [2.24, 2.45) is 0 Å². The van der Waals surface area contributed by atoms with Crippen molar-refractivity contribution in [3.8, 4) is 11.5 Å². The number of nitrogens with one attached hydrogen (secondary N) is 1. The molecule has 0 aromatic carbocycles. The number of nitrogens with zero attached hydrogens (tertiary/aromatic N) is 7. The number of piperidine rings is 1. The number of anilines is 3. The van der Waals surface area contributed by atoms with Gasteiger partial charge in [0.1, 0.15) is 23.7 Å². The lowest BCUT2D eigenvalue weighted by Gasteiger charge is -2.34. The van der Waals surface area contributed by atoms with Crippen LogP contribution in [0.4, 0.5) is 29.9 Å². The second-order valence-corrected chi connectivity index (χ2v) is 9.08. The van der Waals surface area contributed by atoms with E-state index >= 15 is 0 Å². The van der Waals surface area contributed by atoms with E-state index < -0.39 is 12.1 Å². The van der Waals surface area contributed by atoms with Gasteiger partial charge in [0.2, 0.25) is 5.82 Å². The topological polar surface area (TPSA) is 106 Å². The summed E-state index contributed by atoms with van der Waals surface area (Å²) in [5, 5.41) is 7.41. The Kier molecular flexibility index (Phi) is 5.86. The van der Waals surface area contributed by atoms with Gasteiger partial charge in [-0.3, -0.25) is 4.98 Å². The van der Waals surface area contributed by atoms with Crippen LogP contribution in [-0.4, -0.2) is 43.2 Å². The Labute approximate surface area is 196 Å². The average molecular weight is 488 g/mol. The van der Waals surface area contributed by atoms with Crippen molar-refractivity contribution >= 4 is 28.1 Å². The molecule has 1 aliphatic rings. The van der Waals surface area contributed by atoms with Gasteiger partial charge in [0.15, 0.2) is 5.13 Å². The van der Waals surface area contributed by atoms with Crippen molar-refractivity contribution < 1.29 is 17.7 Å². The minimum absolute atomic E-state index is 0.137. The maximum Gasteiger partial charge on any atom is 0.471 e. The average Bonchev–Trinajstić information content (AvgIpc) is 3.49. The molecule has 1 N–H and O–H groups in total. The zero-order valence-corrected chi connectivity index (χ0v) is 18.8. The van der Waals surface area contributed by atoms with Crippen molar-refractivity contribution in [3.05, 3.63) is 53.3 Å². The Balaban J connectivity index is 1.33. The first-order chi connectivity index (χ1) is 16.3. The van der Waals surface area contributed by atoms with Gasteiger partial charge in [-0.15, -0.1) is 11.3 Å². The molecule has 9 nitrogen and oxygen atoms in total. The first-order valence-electron chi connectivity index (χ1n) is 10.5. The molecular weight excluding hydrogens is 469 g/mol. The van der Waals surface area contributed by atoms with Gasteiger partial charge in [-0.05, 0) is 37.5 Å². The van der Waals surface area contributed by atoms with Gasteiger partial charge in [0, 0.05) is 42.3 Å². The smallest absolute Gasteiger partial charge is 0.356 e. The Morgan fingerprint density at radius 2 is 2.06 bits per heavy atom. The molecule has 1 saturated heterocycles. The van der Waals surface area contributed by atoms with Crippen LogP contribution < -0.4 is 10.2 Å². The molecule has 0 bridgehead atoms. The van der Waals surface area contributed by atoms with Crippen LogP contribution in [0, 0.1) is 6.92 Å². The van der Waals surface area contributed by atoms with E-state index in [4.69, 9.17) is 0 Å². The van der Waals surface area contributed by atoms with E-state index in [2.05, 4.69) is 44.8 Å². The minimum atomic E-state index is -4.70. The number of halogens is 3. The molecule has 13 heteroatoms. The van der Waals surface area contributed by atoms with Gasteiger partial charge in [-0.1, -0.05) is 5.16 Å². The first-order valence-corrected chi connectivity index (χ1v) is 11.3. The van der Waals surface area contributed by atoms with E-state index in [0.29, 0.717) is 12.4 Å². The predicted molar refractivity (Wildman–Crippen MR) is 119 cm³/mol. The quantitative estimate of drug-likeness (QED) is 0.423. The normalized spacial score (nSPS) is 16.6. The molecule has 4 aromatic heterocycles. The second-order valence-electron chi connectivity index (χ2n) is 7.84. The van der Waals surface area contributed by atoms with Crippen LogP contribution in [0.3, 0.4) is 0 Å². The molecule has 5 heterocycles. The summed E-state index contributed by atoms with van der Waals surface area (Å²) in [6.45, 7) is 3.51. The fourth-order valence-electron chi connectivity index (χ4n) is 3.83. The fraction of sp³-hybridized carbons (Fsp3) is 0.333. The number of aryl methyl sites for hydroxylation is 1. The minimum Gasteiger partial charge on any atom is -0.356 e. The Morgan fingerprint density at radius 3 is 2.82 bits per heavy atom. The van der Waals surface area contributed by atoms with E-state index in [9.17, 15) is 13.2 Å². The van der Waals surface area contributed by atoms with Crippen molar-refractivity contribution in [2.45, 2.75) is 31.9 Å². The fourth-order valence-corrected chi connectivity index (χ4v) is 4.50.